The van der Waals surface area contributed by atoms with Crippen LogP contribution in [0.25, 0.3) is 0 Å². The Bertz CT molecular complexity index is 475. The molecule has 2 rings (SSSR count). The van der Waals surface area contributed by atoms with Gasteiger partial charge in [-0.2, -0.15) is 0 Å². The number of nitrogens with zero attached hydrogens (tertiary/aromatic N) is 2. The van der Waals surface area contributed by atoms with Crippen molar-refractivity contribution in [3.63, 3.8) is 0 Å². The topological polar surface area (TPSA) is 95.0 Å². The van der Waals surface area contributed by atoms with Crippen LogP contribution in [0.2, 0.25) is 0 Å². The van der Waals surface area contributed by atoms with Crippen molar-refractivity contribution in [3.8, 4) is 0 Å². The summed E-state index contributed by atoms with van der Waals surface area (Å²) in [6, 6.07) is 1.76. The Morgan fingerprint density at radius 1 is 1.38 bits per heavy atom. The molecule has 21 heavy (non-hydrogen) atoms. The van der Waals surface area contributed by atoms with Crippen molar-refractivity contribution in [2.75, 3.05) is 39.3 Å². The lowest BCUT2D eigenvalue weighted by Gasteiger charge is -2.20. The second kappa shape index (κ2) is 7.56. The van der Waals surface area contributed by atoms with Crippen molar-refractivity contribution in [2.24, 2.45) is 5.84 Å². The second-order valence-electron chi connectivity index (χ2n) is 5.36. The van der Waals surface area contributed by atoms with Gasteiger partial charge in [0.25, 0.3) is 0 Å². The average molecular weight is 296 g/mol. The molecule has 118 valence electrons. The number of β-amino-alcohol motifs (C(OH)–C–C–N with tert-alkyl or cyclic N) is 1. The fraction of sp³-hybridized carbons (Fsp3) is 0.643. The van der Waals surface area contributed by atoms with E-state index in [0.29, 0.717) is 0 Å². The smallest absolute Gasteiger partial charge is 0.300 e. The molecule has 7 nitrogen and oxygen atoms in total. The number of nitrogen functional groups attached to an aromatic ring is 1. The minimum atomic E-state index is -0.408. The number of carbonyl (C=O) groups is 1. The molecule has 1 fully saturated rings. The number of nitrogens with one attached hydrogen (secondary N) is 1. The van der Waals surface area contributed by atoms with Crippen molar-refractivity contribution >= 4 is 5.91 Å². The van der Waals surface area contributed by atoms with Gasteiger partial charge in [-0.05, 0) is 32.5 Å². The molecular formula is C14H24N4O3. The van der Waals surface area contributed by atoms with Crippen LogP contribution in [0.15, 0.2) is 10.5 Å². The van der Waals surface area contributed by atoms with Gasteiger partial charge in [-0.1, -0.05) is 0 Å². The monoisotopic (exact) mass is 296 g/mol. The van der Waals surface area contributed by atoms with E-state index in [9.17, 15) is 4.79 Å². The molecule has 1 saturated heterocycles. The summed E-state index contributed by atoms with van der Waals surface area (Å²) in [6.45, 7) is 7.49. The molecule has 1 aliphatic heterocycles. The van der Waals surface area contributed by atoms with Gasteiger partial charge in [0, 0.05) is 31.7 Å². The number of aryl methyl sites for hydroxylation is 1. The molecule has 1 aromatic rings. The summed E-state index contributed by atoms with van der Waals surface area (Å²) >= 11 is 0. The maximum Gasteiger partial charge on any atom is 0.300 e. The number of carbonyl (C=O) groups excluding carboxylic acids is 1. The van der Waals surface area contributed by atoms with E-state index in [-0.39, 0.29) is 12.4 Å². The highest BCUT2D eigenvalue weighted by molar-refractivity contribution is 5.91. The molecule has 4 N–H and O–H groups in total. The number of hydrogen-bond acceptors (Lipinski definition) is 6. The normalized spacial score (nSPS) is 17.7. The Morgan fingerprint density at radius 3 is 2.81 bits per heavy atom. The van der Waals surface area contributed by atoms with E-state index >= 15 is 0 Å². The van der Waals surface area contributed by atoms with Gasteiger partial charge in [0.15, 0.2) is 5.76 Å². The zero-order chi connectivity index (χ0) is 15.2. The first-order valence-corrected chi connectivity index (χ1v) is 7.30. The first-order chi connectivity index (χ1) is 10.1. The summed E-state index contributed by atoms with van der Waals surface area (Å²) in [5.41, 5.74) is 3.10. The first-order valence-electron chi connectivity index (χ1n) is 7.30. The SMILES string of the molecule is Cc1oc(C(=O)NN)cc1CN1CCCN(CCO)CC1. The number of rotatable bonds is 5. The average Bonchev–Trinajstić information content (AvgIpc) is 2.70. The van der Waals surface area contributed by atoms with Gasteiger partial charge in [0.2, 0.25) is 0 Å². The Kier molecular flexibility index (Phi) is 5.75. The molecule has 7 heteroatoms. The Morgan fingerprint density at radius 2 is 2.10 bits per heavy atom. The van der Waals surface area contributed by atoms with Crippen LogP contribution in [0.4, 0.5) is 0 Å². The molecule has 0 radical (unpaired) electrons. The lowest BCUT2D eigenvalue weighted by atomic mass is 10.2. The molecule has 2 heterocycles. The number of aliphatic hydroxyl groups excluding tert-OH is 1. The summed E-state index contributed by atoms with van der Waals surface area (Å²) in [6.07, 6.45) is 1.08. The van der Waals surface area contributed by atoms with Crippen LogP contribution in [0.1, 0.15) is 28.3 Å². The summed E-state index contributed by atoms with van der Waals surface area (Å²) < 4.78 is 5.44. The van der Waals surface area contributed by atoms with Crippen LogP contribution in [-0.2, 0) is 6.54 Å². The molecule has 1 amide bonds. The van der Waals surface area contributed by atoms with Crippen LogP contribution in [0.5, 0.6) is 0 Å². The van der Waals surface area contributed by atoms with E-state index in [1.54, 1.807) is 6.07 Å². The van der Waals surface area contributed by atoms with Gasteiger partial charge in [-0.25, -0.2) is 5.84 Å². The fourth-order valence-electron chi connectivity index (χ4n) is 2.65. The maximum atomic E-state index is 11.5. The summed E-state index contributed by atoms with van der Waals surface area (Å²) in [4.78, 5) is 16.1. The predicted molar refractivity (Wildman–Crippen MR) is 78.5 cm³/mol. The molecule has 1 aromatic heterocycles. The van der Waals surface area contributed by atoms with Gasteiger partial charge < -0.3 is 9.52 Å². The second-order valence-corrected chi connectivity index (χ2v) is 5.36. The molecule has 0 unspecified atom stereocenters. The highest BCUT2D eigenvalue weighted by Gasteiger charge is 2.18. The maximum absolute atomic E-state index is 11.5. The van der Waals surface area contributed by atoms with Gasteiger partial charge in [0.05, 0.1) is 6.61 Å². The number of hydrogen-bond donors (Lipinski definition) is 3. The standard InChI is InChI=1S/C14H24N4O3/c1-11-12(9-13(21-11)14(20)16-15)10-18-4-2-3-17(5-6-18)7-8-19/h9,19H,2-8,10,15H2,1H3,(H,16,20). The molecular weight excluding hydrogens is 272 g/mol. The molecule has 0 atom stereocenters. The minimum Gasteiger partial charge on any atom is -0.456 e. The van der Waals surface area contributed by atoms with E-state index in [0.717, 1.165) is 57.0 Å². The van der Waals surface area contributed by atoms with Crippen molar-refractivity contribution in [1.82, 2.24) is 15.2 Å². The third-order valence-electron chi connectivity index (χ3n) is 3.87. The van der Waals surface area contributed by atoms with Crippen molar-refractivity contribution in [3.05, 3.63) is 23.2 Å². The van der Waals surface area contributed by atoms with E-state index in [4.69, 9.17) is 15.4 Å². The third-order valence-corrected chi connectivity index (χ3v) is 3.87. The third kappa shape index (κ3) is 4.28. The van der Waals surface area contributed by atoms with E-state index < -0.39 is 5.91 Å². The van der Waals surface area contributed by atoms with Crippen molar-refractivity contribution in [2.45, 2.75) is 19.9 Å². The number of furan rings is 1. The van der Waals surface area contributed by atoms with E-state index in [2.05, 4.69) is 15.2 Å². The van der Waals surface area contributed by atoms with Gasteiger partial charge in [-0.3, -0.25) is 20.0 Å². The van der Waals surface area contributed by atoms with Crippen LogP contribution in [0, 0.1) is 6.92 Å². The van der Waals surface area contributed by atoms with Crippen LogP contribution in [-0.4, -0.2) is 60.1 Å². The highest BCUT2D eigenvalue weighted by Crippen LogP contribution is 2.17. The van der Waals surface area contributed by atoms with Crippen molar-refractivity contribution in [1.29, 1.82) is 0 Å². The predicted octanol–water partition coefficient (Wildman–Crippen LogP) is -0.308. The minimum absolute atomic E-state index is 0.207. The number of aliphatic hydroxyl groups is 1. The summed E-state index contributed by atoms with van der Waals surface area (Å²) in [5, 5.41) is 9.01. The fourth-order valence-corrected chi connectivity index (χ4v) is 2.65. The van der Waals surface area contributed by atoms with Crippen LogP contribution < -0.4 is 11.3 Å². The molecule has 0 bridgehead atoms. The molecule has 1 aliphatic rings. The number of nitrogens with two attached hydrogens (primary N) is 1. The van der Waals surface area contributed by atoms with E-state index in [1.807, 2.05) is 6.92 Å². The van der Waals surface area contributed by atoms with Crippen LogP contribution >= 0.6 is 0 Å². The highest BCUT2D eigenvalue weighted by atomic mass is 16.4. The van der Waals surface area contributed by atoms with E-state index in [1.165, 1.54) is 0 Å². The van der Waals surface area contributed by atoms with Gasteiger partial charge in [-0.15, -0.1) is 0 Å². The Hall–Kier alpha value is -1.41. The molecule has 0 aromatic carbocycles. The number of hydrazine groups is 1. The molecule has 0 aliphatic carbocycles. The Labute approximate surface area is 124 Å². The van der Waals surface area contributed by atoms with Crippen molar-refractivity contribution < 1.29 is 14.3 Å². The lowest BCUT2D eigenvalue weighted by Crippen LogP contribution is -2.32. The van der Waals surface area contributed by atoms with Gasteiger partial charge in [0.1, 0.15) is 5.76 Å². The summed E-state index contributed by atoms with van der Waals surface area (Å²) in [7, 11) is 0. The Balaban J connectivity index is 1.95. The van der Waals surface area contributed by atoms with Crippen LogP contribution in [0.3, 0.4) is 0 Å². The molecule has 0 spiro atoms. The lowest BCUT2D eigenvalue weighted by molar-refractivity contribution is 0.0924. The first kappa shape index (κ1) is 16.0. The van der Waals surface area contributed by atoms with Gasteiger partial charge >= 0.3 is 5.91 Å². The largest absolute Gasteiger partial charge is 0.456 e. The zero-order valence-electron chi connectivity index (χ0n) is 12.5. The summed E-state index contributed by atoms with van der Waals surface area (Å²) in [5.74, 6) is 5.71. The zero-order valence-corrected chi connectivity index (χ0v) is 12.5. The quantitative estimate of drug-likeness (QED) is 0.392. The molecule has 0 saturated carbocycles. The number of amides is 1.